The molecule has 0 spiro atoms. The summed E-state index contributed by atoms with van der Waals surface area (Å²) in [6.45, 7) is 9.46. The van der Waals surface area contributed by atoms with Crippen molar-refractivity contribution in [2.24, 2.45) is 0 Å². The molecule has 1 aliphatic rings. The molecule has 0 saturated carbocycles. The molecule has 2 rings (SSSR count). The molecular formula is C16H29N3OS. The van der Waals surface area contributed by atoms with Gasteiger partial charge in [0.25, 0.3) is 0 Å². The first kappa shape index (κ1) is 16.9. The van der Waals surface area contributed by atoms with Crippen LogP contribution >= 0.6 is 11.3 Å². The van der Waals surface area contributed by atoms with E-state index in [1.165, 1.54) is 10.7 Å². The quantitative estimate of drug-likeness (QED) is 0.820. The Kier molecular flexibility index (Phi) is 5.77. The Bertz CT molecular complexity index is 448. The lowest BCUT2D eigenvalue weighted by molar-refractivity contribution is 0.0960. The van der Waals surface area contributed by atoms with Gasteiger partial charge >= 0.3 is 0 Å². The number of hydrogen-bond acceptors (Lipinski definition) is 5. The van der Waals surface area contributed by atoms with Crippen molar-refractivity contribution in [3.05, 3.63) is 16.1 Å². The molecule has 1 fully saturated rings. The molecule has 120 valence electrons. The molecule has 1 aromatic rings. The van der Waals surface area contributed by atoms with Gasteiger partial charge in [0.2, 0.25) is 0 Å². The van der Waals surface area contributed by atoms with Gasteiger partial charge in [0.1, 0.15) is 5.01 Å². The van der Waals surface area contributed by atoms with Gasteiger partial charge in [-0.05, 0) is 32.7 Å². The third-order valence-electron chi connectivity index (χ3n) is 4.58. The average Bonchev–Trinajstić information content (AvgIpc) is 2.94. The summed E-state index contributed by atoms with van der Waals surface area (Å²) in [7, 11) is 3.97. The van der Waals surface area contributed by atoms with Crippen molar-refractivity contribution in [1.29, 1.82) is 0 Å². The van der Waals surface area contributed by atoms with Crippen LogP contribution in [0.5, 0.6) is 0 Å². The van der Waals surface area contributed by atoms with Crippen LogP contribution in [0.25, 0.3) is 0 Å². The molecule has 0 bridgehead atoms. The molecule has 4 nitrogen and oxygen atoms in total. The number of likely N-dealkylation sites (tertiary alicyclic amines) is 1. The number of nitrogens with zero attached hydrogens (tertiary/aromatic N) is 2. The predicted molar refractivity (Wildman–Crippen MR) is 89.1 cm³/mol. The van der Waals surface area contributed by atoms with Crippen LogP contribution in [-0.2, 0) is 10.3 Å². The lowest BCUT2D eigenvalue weighted by Crippen LogP contribution is -2.54. The molecule has 0 amide bonds. The summed E-state index contributed by atoms with van der Waals surface area (Å²) in [6.07, 6.45) is 2.22. The van der Waals surface area contributed by atoms with Crippen LogP contribution in [0.4, 0.5) is 0 Å². The maximum absolute atomic E-state index is 5.22. The van der Waals surface area contributed by atoms with Crippen LogP contribution in [0, 0.1) is 0 Å². The van der Waals surface area contributed by atoms with Crippen LogP contribution < -0.4 is 5.32 Å². The zero-order chi connectivity index (χ0) is 15.5. The molecule has 21 heavy (non-hydrogen) atoms. The van der Waals surface area contributed by atoms with Gasteiger partial charge in [0.05, 0.1) is 17.8 Å². The van der Waals surface area contributed by atoms with Gasteiger partial charge < -0.3 is 15.0 Å². The molecular weight excluding hydrogens is 282 g/mol. The Balaban J connectivity index is 2.22. The third-order valence-corrected chi connectivity index (χ3v) is 5.64. The highest BCUT2D eigenvalue weighted by atomic mass is 32.1. The number of thiazole rings is 1. The summed E-state index contributed by atoms with van der Waals surface area (Å²) >= 11 is 1.81. The topological polar surface area (TPSA) is 37.4 Å². The summed E-state index contributed by atoms with van der Waals surface area (Å²) in [5.41, 5.74) is 1.23. The number of ether oxygens (including phenoxy) is 1. The van der Waals surface area contributed by atoms with Crippen LogP contribution in [0.3, 0.4) is 0 Å². The van der Waals surface area contributed by atoms with Gasteiger partial charge in [-0.3, -0.25) is 0 Å². The van der Waals surface area contributed by atoms with Crippen molar-refractivity contribution in [3.63, 3.8) is 0 Å². The Morgan fingerprint density at radius 3 is 2.90 bits per heavy atom. The molecule has 0 aromatic carbocycles. The highest BCUT2D eigenvalue weighted by molar-refractivity contribution is 7.09. The van der Waals surface area contributed by atoms with Crippen LogP contribution in [0.15, 0.2) is 5.38 Å². The van der Waals surface area contributed by atoms with Crippen molar-refractivity contribution < 1.29 is 4.74 Å². The zero-order valence-electron chi connectivity index (χ0n) is 14.0. The average molecular weight is 311 g/mol. The number of nitrogens with one attached hydrogen (secondary N) is 1. The van der Waals surface area contributed by atoms with E-state index in [0.29, 0.717) is 12.0 Å². The second kappa shape index (κ2) is 7.18. The minimum Gasteiger partial charge on any atom is -0.383 e. The van der Waals surface area contributed by atoms with Crippen LogP contribution in [0.1, 0.15) is 50.2 Å². The summed E-state index contributed by atoms with van der Waals surface area (Å²) < 4.78 is 5.22. The molecule has 1 aromatic heterocycles. The Labute approximate surface area is 132 Å². The second-order valence-corrected chi connectivity index (χ2v) is 7.38. The third kappa shape index (κ3) is 3.83. The van der Waals surface area contributed by atoms with Gasteiger partial charge in [0.15, 0.2) is 0 Å². The number of rotatable bonds is 6. The second-order valence-electron chi connectivity index (χ2n) is 6.52. The minimum atomic E-state index is 0.0161. The van der Waals surface area contributed by atoms with Gasteiger partial charge in [0, 0.05) is 31.6 Å². The van der Waals surface area contributed by atoms with Crippen molar-refractivity contribution in [3.8, 4) is 0 Å². The highest BCUT2D eigenvalue weighted by Gasteiger charge is 2.40. The predicted octanol–water partition coefficient (Wildman–Crippen LogP) is 2.81. The standard InChI is InChI=1S/C16H29N3OS/c1-12(2)14-11-21-15(18-14)16(17-7-9-20-5)6-8-19(4)13(3)10-16/h11-13,17H,6-10H2,1-5H3. The summed E-state index contributed by atoms with van der Waals surface area (Å²) in [4.78, 5) is 7.38. The summed E-state index contributed by atoms with van der Waals surface area (Å²) in [5, 5.41) is 7.23. The van der Waals surface area contributed by atoms with Gasteiger partial charge in [-0.25, -0.2) is 4.98 Å². The molecule has 2 heterocycles. The van der Waals surface area contributed by atoms with Crippen molar-refractivity contribution >= 4 is 11.3 Å². The van der Waals surface area contributed by atoms with E-state index in [4.69, 9.17) is 9.72 Å². The molecule has 0 radical (unpaired) electrons. The lowest BCUT2D eigenvalue weighted by atomic mass is 9.84. The molecule has 2 unspecified atom stereocenters. The molecule has 1 saturated heterocycles. The smallest absolute Gasteiger partial charge is 0.113 e. The van der Waals surface area contributed by atoms with Gasteiger partial charge in [-0.2, -0.15) is 0 Å². The van der Waals surface area contributed by atoms with Gasteiger partial charge in [-0.1, -0.05) is 13.8 Å². The first-order valence-electron chi connectivity index (χ1n) is 7.88. The minimum absolute atomic E-state index is 0.0161. The molecule has 0 aliphatic carbocycles. The van der Waals surface area contributed by atoms with E-state index >= 15 is 0 Å². The number of hydrogen-bond donors (Lipinski definition) is 1. The monoisotopic (exact) mass is 311 g/mol. The van der Waals surface area contributed by atoms with Crippen molar-refractivity contribution in [2.75, 3.05) is 33.9 Å². The lowest BCUT2D eigenvalue weighted by Gasteiger charge is -2.44. The fraction of sp³-hybridized carbons (Fsp3) is 0.812. The molecule has 1 aliphatic heterocycles. The normalized spacial score (nSPS) is 27.4. The maximum Gasteiger partial charge on any atom is 0.113 e. The molecule has 2 atom stereocenters. The van der Waals surface area contributed by atoms with Crippen molar-refractivity contribution in [1.82, 2.24) is 15.2 Å². The zero-order valence-corrected chi connectivity index (χ0v) is 14.8. The van der Waals surface area contributed by atoms with E-state index in [-0.39, 0.29) is 5.54 Å². The van der Waals surface area contributed by atoms with E-state index < -0.39 is 0 Å². The molecule has 5 heteroatoms. The fourth-order valence-electron chi connectivity index (χ4n) is 2.94. The van der Waals surface area contributed by atoms with E-state index in [9.17, 15) is 0 Å². The van der Waals surface area contributed by atoms with E-state index in [2.05, 4.69) is 43.4 Å². The molecule has 1 N–H and O–H groups in total. The number of methoxy groups -OCH3 is 1. The number of aromatic nitrogens is 1. The van der Waals surface area contributed by atoms with Crippen molar-refractivity contribution in [2.45, 2.75) is 51.1 Å². The SMILES string of the molecule is COCCNC1(c2nc(C(C)C)cs2)CCN(C)C(C)C1. The maximum atomic E-state index is 5.22. The first-order chi connectivity index (χ1) is 9.98. The van der Waals surface area contributed by atoms with E-state index in [0.717, 1.165) is 32.5 Å². The Hall–Kier alpha value is -0.490. The Morgan fingerprint density at radius 1 is 1.57 bits per heavy atom. The van der Waals surface area contributed by atoms with E-state index in [1.54, 1.807) is 7.11 Å². The largest absolute Gasteiger partial charge is 0.383 e. The number of piperidine rings is 1. The summed E-state index contributed by atoms with van der Waals surface area (Å²) in [6, 6.07) is 0.570. The highest BCUT2D eigenvalue weighted by Crippen LogP contribution is 2.37. The van der Waals surface area contributed by atoms with Gasteiger partial charge in [-0.15, -0.1) is 11.3 Å². The summed E-state index contributed by atoms with van der Waals surface area (Å²) in [5.74, 6) is 0.495. The van der Waals surface area contributed by atoms with Crippen LogP contribution in [0.2, 0.25) is 0 Å². The Morgan fingerprint density at radius 2 is 2.33 bits per heavy atom. The first-order valence-corrected chi connectivity index (χ1v) is 8.76. The van der Waals surface area contributed by atoms with E-state index in [1.807, 2.05) is 11.3 Å². The fourth-order valence-corrected chi connectivity index (χ4v) is 4.14. The van der Waals surface area contributed by atoms with Crippen LogP contribution in [-0.4, -0.2) is 49.8 Å².